The van der Waals surface area contributed by atoms with E-state index < -0.39 is 7.14 Å². The number of rotatable bonds is 0. The summed E-state index contributed by atoms with van der Waals surface area (Å²) in [6.07, 6.45) is 0. The van der Waals surface area contributed by atoms with Crippen molar-refractivity contribution in [1.82, 2.24) is 0 Å². The molecule has 2 aromatic rings. The molecule has 0 saturated heterocycles. The minimum atomic E-state index is -2.43. The molecule has 1 aliphatic heterocycles. The van der Waals surface area contributed by atoms with Gasteiger partial charge in [0.2, 0.25) is 0 Å². The van der Waals surface area contributed by atoms with Gasteiger partial charge < -0.3 is 4.57 Å². The van der Waals surface area contributed by atoms with Crippen LogP contribution in [-0.2, 0) is 4.57 Å². The number of hydrogen-bond donors (Lipinski definition) is 0. The molecule has 1 unspecified atom stereocenters. The summed E-state index contributed by atoms with van der Waals surface area (Å²) in [4.78, 5) is 0. The molecule has 0 bridgehead atoms. The fraction of sp³-hybridized carbons (Fsp3) is 0.0769. The second-order valence-corrected chi connectivity index (χ2v) is 7.35. The zero-order valence-electron chi connectivity index (χ0n) is 8.77. The van der Waals surface area contributed by atoms with Gasteiger partial charge in [-0.25, -0.2) is 0 Å². The minimum absolute atomic E-state index is 0.647. The maximum absolute atomic E-state index is 12.8. The van der Waals surface area contributed by atoms with Crippen molar-refractivity contribution in [2.24, 2.45) is 0 Å². The van der Waals surface area contributed by atoms with Crippen LogP contribution in [0.15, 0.2) is 42.5 Å². The summed E-state index contributed by atoms with van der Waals surface area (Å²) in [7, 11) is -2.43. The normalized spacial score (nSPS) is 21.6. The summed E-state index contributed by atoms with van der Waals surface area (Å²) in [5.41, 5.74) is 2.14. The molecule has 1 nitrogen and oxygen atoms in total. The van der Waals surface area contributed by atoms with E-state index in [1.165, 1.54) is 0 Å². The lowest BCUT2D eigenvalue weighted by Gasteiger charge is -2.07. The van der Waals surface area contributed by atoms with E-state index in [1.807, 2.05) is 49.1 Å². The molecule has 0 aromatic heterocycles. The van der Waals surface area contributed by atoms with E-state index >= 15 is 0 Å². The molecule has 0 saturated carbocycles. The quantitative estimate of drug-likeness (QED) is 0.654. The Morgan fingerprint density at radius 2 is 1.69 bits per heavy atom. The van der Waals surface area contributed by atoms with E-state index in [2.05, 4.69) is 0 Å². The van der Waals surface area contributed by atoms with Crippen LogP contribution in [0.1, 0.15) is 0 Å². The third-order valence-electron chi connectivity index (χ3n) is 3.07. The lowest BCUT2D eigenvalue weighted by molar-refractivity contribution is 0.591. The predicted octanol–water partition coefficient (Wildman–Crippen LogP) is 3.26. The van der Waals surface area contributed by atoms with Crippen LogP contribution >= 0.6 is 18.7 Å². The number of halogens is 1. The fourth-order valence-corrected chi connectivity index (χ4v) is 4.86. The van der Waals surface area contributed by atoms with Gasteiger partial charge in [0.15, 0.2) is 0 Å². The zero-order chi connectivity index (χ0) is 11.3. The third-order valence-corrected chi connectivity index (χ3v) is 5.91. The monoisotopic (exact) mass is 248 g/mol. The van der Waals surface area contributed by atoms with Crippen molar-refractivity contribution in [3.05, 3.63) is 47.5 Å². The van der Waals surface area contributed by atoms with E-state index in [1.54, 1.807) is 0 Å². The summed E-state index contributed by atoms with van der Waals surface area (Å²) < 4.78 is 12.8. The first-order chi connectivity index (χ1) is 7.60. The van der Waals surface area contributed by atoms with Crippen LogP contribution in [0.25, 0.3) is 11.1 Å². The lowest BCUT2D eigenvalue weighted by atomic mass is 10.1. The summed E-state index contributed by atoms with van der Waals surface area (Å²) in [6, 6.07) is 13.5. The van der Waals surface area contributed by atoms with E-state index in [9.17, 15) is 4.57 Å². The van der Waals surface area contributed by atoms with E-state index in [4.69, 9.17) is 11.6 Å². The van der Waals surface area contributed by atoms with Crippen LogP contribution in [0.4, 0.5) is 0 Å². The van der Waals surface area contributed by atoms with Crippen molar-refractivity contribution >= 4 is 29.4 Å². The Morgan fingerprint density at radius 1 is 1.00 bits per heavy atom. The summed E-state index contributed by atoms with van der Waals surface area (Å²) in [5.74, 6) is 0. The van der Waals surface area contributed by atoms with Crippen molar-refractivity contribution in [3.8, 4) is 11.1 Å². The van der Waals surface area contributed by atoms with Crippen molar-refractivity contribution in [2.75, 3.05) is 6.66 Å². The van der Waals surface area contributed by atoms with Gasteiger partial charge in [0, 0.05) is 15.6 Å². The Morgan fingerprint density at radius 3 is 2.50 bits per heavy atom. The number of benzene rings is 2. The Labute approximate surface area is 99.4 Å². The van der Waals surface area contributed by atoms with Crippen molar-refractivity contribution < 1.29 is 4.57 Å². The van der Waals surface area contributed by atoms with Crippen LogP contribution in [0.5, 0.6) is 0 Å². The highest BCUT2D eigenvalue weighted by Crippen LogP contribution is 2.50. The van der Waals surface area contributed by atoms with Gasteiger partial charge in [-0.1, -0.05) is 41.9 Å². The first kappa shape index (κ1) is 10.1. The SMILES string of the molecule is CP1(=O)c2ccccc2-c2ccc(Cl)cc21. The van der Waals surface area contributed by atoms with Gasteiger partial charge in [0.1, 0.15) is 7.14 Å². The molecule has 16 heavy (non-hydrogen) atoms. The Kier molecular flexibility index (Phi) is 2.04. The first-order valence-corrected chi connectivity index (χ1v) is 7.61. The van der Waals surface area contributed by atoms with Crippen LogP contribution in [0.3, 0.4) is 0 Å². The zero-order valence-corrected chi connectivity index (χ0v) is 10.4. The molecule has 0 amide bonds. The summed E-state index contributed by atoms with van der Waals surface area (Å²) >= 11 is 5.97. The topological polar surface area (TPSA) is 17.1 Å². The largest absolute Gasteiger partial charge is 0.314 e. The smallest absolute Gasteiger partial charge is 0.141 e. The minimum Gasteiger partial charge on any atom is -0.314 e. The number of hydrogen-bond acceptors (Lipinski definition) is 1. The van der Waals surface area contributed by atoms with Gasteiger partial charge in [-0.3, -0.25) is 0 Å². The van der Waals surface area contributed by atoms with Crippen LogP contribution in [0, 0.1) is 0 Å². The molecule has 1 aliphatic rings. The fourth-order valence-electron chi connectivity index (χ4n) is 2.29. The van der Waals surface area contributed by atoms with Gasteiger partial charge in [0.05, 0.1) is 0 Å². The van der Waals surface area contributed by atoms with Gasteiger partial charge >= 0.3 is 0 Å². The molecule has 2 aromatic carbocycles. The van der Waals surface area contributed by atoms with Crippen molar-refractivity contribution in [3.63, 3.8) is 0 Å². The molecule has 0 fully saturated rings. The summed E-state index contributed by atoms with van der Waals surface area (Å²) in [5, 5.41) is 2.49. The molecule has 0 spiro atoms. The maximum atomic E-state index is 12.8. The molecule has 0 aliphatic carbocycles. The predicted molar refractivity (Wildman–Crippen MR) is 69.7 cm³/mol. The lowest BCUT2D eigenvalue weighted by Crippen LogP contribution is -2.07. The molecular formula is C13H10ClOP. The van der Waals surface area contributed by atoms with Gasteiger partial charge in [0.25, 0.3) is 0 Å². The molecular weight excluding hydrogens is 239 g/mol. The van der Waals surface area contributed by atoms with E-state index in [-0.39, 0.29) is 0 Å². The van der Waals surface area contributed by atoms with Crippen LogP contribution in [-0.4, -0.2) is 6.66 Å². The van der Waals surface area contributed by atoms with Crippen molar-refractivity contribution in [1.29, 1.82) is 0 Å². The van der Waals surface area contributed by atoms with Crippen LogP contribution in [0.2, 0.25) is 5.02 Å². The van der Waals surface area contributed by atoms with Gasteiger partial charge in [-0.15, -0.1) is 0 Å². The molecule has 3 heteroatoms. The highest BCUT2D eigenvalue weighted by Gasteiger charge is 2.34. The Hall–Kier alpha value is -1.04. The average Bonchev–Trinajstić information content (AvgIpc) is 2.49. The molecule has 80 valence electrons. The highest BCUT2D eigenvalue weighted by molar-refractivity contribution is 7.79. The van der Waals surface area contributed by atoms with Gasteiger partial charge in [-0.2, -0.15) is 0 Å². The Bertz CT molecular complexity index is 634. The van der Waals surface area contributed by atoms with E-state index in [0.717, 1.165) is 21.7 Å². The molecule has 1 atom stereocenters. The second-order valence-electron chi connectivity index (χ2n) is 4.10. The summed E-state index contributed by atoms with van der Waals surface area (Å²) in [6.45, 7) is 1.81. The standard InChI is InChI=1S/C13H10ClOP/c1-16(15)12-5-3-2-4-10(12)11-7-6-9(14)8-13(11)16/h2-8H,1H3. The third kappa shape index (κ3) is 1.22. The highest BCUT2D eigenvalue weighted by atomic mass is 35.5. The average molecular weight is 249 g/mol. The molecule has 0 N–H and O–H groups in total. The first-order valence-electron chi connectivity index (χ1n) is 5.08. The molecule has 3 rings (SSSR count). The molecule has 1 heterocycles. The van der Waals surface area contributed by atoms with Gasteiger partial charge in [-0.05, 0) is 29.9 Å². The van der Waals surface area contributed by atoms with E-state index in [0.29, 0.717) is 5.02 Å². The molecule has 0 radical (unpaired) electrons. The second kappa shape index (κ2) is 3.23. The maximum Gasteiger partial charge on any atom is 0.141 e. The Balaban J connectivity index is 2.44. The van der Waals surface area contributed by atoms with Crippen LogP contribution < -0.4 is 10.6 Å². The number of fused-ring (bicyclic) bond motifs is 3. The van der Waals surface area contributed by atoms with Crippen molar-refractivity contribution in [2.45, 2.75) is 0 Å².